The molecule has 1 aliphatic carbocycles. The van der Waals surface area contributed by atoms with Gasteiger partial charge in [-0.15, -0.1) is 10.2 Å². The van der Waals surface area contributed by atoms with Gasteiger partial charge in [-0.05, 0) is 51.3 Å². The lowest BCUT2D eigenvalue weighted by atomic mass is 9.77. The molecule has 1 aliphatic rings. The lowest BCUT2D eigenvalue weighted by molar-refractivity contribution is -0.137. The van der Waals surface area contributed by atoms with E-state index in [1.165, 1.54) is 6.92 Å². The summed E-state index contributed by atoms with van der Waals surface area (Å²) in [5, 5.41) is 30.9. The topological polar surface area (TPSA) is 91.2 Å². The van der Waals surface area contributed by atoms with E-state index < -0.39 is 23.1 Å². The molecule has 0 atom stereocenters. The minimum Gasteiger partial charge on any atom is -0.507 e. The van der Waals surface area contributed by atoms with Crippen molar-refractivity contribution in [1.29, 1.82) is 0 Å². The molecule has 2 aromatic rings. The van der Waals surface area contributed by atoms with E-state index in [2.05, 4.69) is 20.5 Å². The lowest BCUT2D eigenvalue weighted by Crippen LogP contribution is -2.48. The monoisotopic (exact) mass is 368 g/mol. The van der Waals surface area contributed by atoms with Crippen LogP contribution in [-0.2, 0) is 6.18 Å². The fourth-order valence-electron chi connectivity index (χ4n) is 3.22. The Balaban J connectivity index is 1.88. The molecule has 6 nitrogen and oxygen atoms in total. The van der Waals surface area contributed by atoms with Gasteiger partial charge in [0.05, 0.1) is 16.9 Å². The number of hydrogen-bond donors (Lipinski definition) is 3. The van der Waals surface area contributed by atoms with E-state index in [1.54, 1.807) is 13.8 Å². The second-order valence-electron chi connectivity index (χ2n) is 7.00. The maximum Gasteiger partial charge on any atom is 0.416 e. The highest BCUT2D eigenvalue weighted by Crippen LogP contribution is 2.39. The largest absolute Gasteiger partial charge is 0.507 e. The van der Waals surface area contributed by atoms with Gasteiger partial charge in [0.15, 0.2) is 0 Å². The van der Waals surface area contributed by atoms with E-state index in [4.69, 9.17) is 0 Å². The van der Waals surface area contributed by atoms with Crippen LogP contribution in [0.3, 0.4) is 0 Å². The number of nitrogens with zero attached hydrogens (tertiary/aromatic N) is 3. The van der Waals surface area contributed by atoms with Crippen LogP contribution in [0.1, 0.15) is 36.6 Å². The minimum absolute atomic E-state index is 0.0401. The molecule has 0 saturated heterocycles. The van der Waals surface area contributed by atoms with Gasteiger partial charge in [0.2, 0.25) is 5.95 Å². The molecule has 0 radical (unpaired) electrons. The van der Waals surface area contributed by atoms with E-state index in [0.29, 0.717) is 24.6 Å². The Kier molecular flexibility index (Phi) is 4.30. The molecule has 3 rings (SSSR count). The third-order valence-corrected chi connectivity index (χ3v) is 4.45. The lowest BCUT2D eigenvalue weighted by Gasteiger charge is -2.41. The van der Waals surface area contributed by atoms with Crippen molar-refractivity contribution in [2.75, 3.05) is 5.32 Å². The maximum absolute atomic E-state index is 12.9. The highest BCUT2D eigenvalue weighted by atomic mass is 19.4. The summed E-state index contributed by atoms with van der Waals surface area (Å²) >= 11 is 0. The predicted octanol–water partition coefficient (Wildman–Crippen LogP) is 3.21. The van der Waals surface area contributed by atoms with Crippen molar-refractivity contribution in [2.24, 2.45) is 0 Å². The SMILES string of the molecule is Cc1cc(C(F)(F)F)cc(O)c1-c1nnc(NC2CC(C)(O)C2)nc1C. The first-order valence-electron chi connectivity index (χ1n) is 8.08. The molecular formula is C17H19F3N4O2. The molecule has 1 saturated carbocycles. The van der Waals surface area contributed by atoms with Crippen LogP contribution in [0.25, 0.3) is 11.3 Å². The molecule has 0 amide bonds. The van der Waals surface area contributed by atoms with Gasteiger partial charge >= 0.3 is 6.18 Å². The van der Waals surface area contributed by atoms with E-state index in [0.717, 1.165) is 6.07 Å². The van der Waals surface area contributed by atoms with Crippen LogP contribution in [0.15, 0.2) is 12.1 Å². The van der Waals surface area contributed by atoms with Crippen LogP contribution < -0.4 is 5.32 Å². The van der Waals surface area contributed by atoms with Gasteiger partial charge in [0, 0.05) is 11.6 Å². The fraction of sp³-hybridized carbons (Fsp3) is 0.471. The Morgan fingerprint density at radius 3 is 2.35 bits per heavy atom. The van der Waals surface area contributed by atoms with Crippen molar-refractivity contribution >= 4 is 5.95 Å². The Morgan fingerprint density at radius 2 is 1.85 bits per heavy atom. The van der Waals surface area contributed by atoms with E-state index in [1.807, 2.05) is 0 Å². The number of alkyl halides is 3. The molecule has 1 aromatic carbocycles. The first kappa shape index (κ1) is 18.4. The Hall–Kier alpha value is -2.42. The predicted molar refractivity (Wildman–Crippen MR) is 88.7 cm³/mol. The summed E-state index contributed by atoms with van der Waals surface area (Å²) in [6.45, 7) is 4.85. The second-order valence-corrected chi connectivity index (χ2v) is 7.00. The maximum atomic E-state index is 12.9. The molecule has 1 fully saturated rings. The zero-order valence-corrected chi connectivity index (χ0v) is 14.5. The summed E-state index contributed by atoms with van der Waals surface area (Å²) in [6, 6.07) is 1.67. The van der Waals surface area contributed by atoms with Crippen LogP contribution in [0.5, 0.6) is 5.75 Å². The number of aromatic hydroxyl groups is 1. The molecule has 3 N–H and O–H groups in total. The molecule has 0 spiro atoms. The average molecular weight is 368 g/mol. The molecule has 26 heavy (non-hydrogen) atoms. The summed E-state index contributed by atoms with van der Waals surface area (Å²) in [6.07, 6.45) is -3.41. The van der Waals surface area contributed by atoms with Gasteiger partial charge in [0.1, 0.15) is 11.4 Å². The zero-order chi connectivity index (χ0) is 19.3. The third kappa shape index (κ3) is 3.57. The van der Waals surface area contributed by atoms with Gasteiger partial charge in [-0.1, -0.05) is 0 Å². The van der Waals surface area contributed by atoms with Crippen molar-refractivity contribution in [2.45, 2.75) is 51.4 Å². The number of aryl methyl sites for hydroxylation is 2. The minimum atomic E-state index is -4.54. The highest BCUT2D eigenvalue weighted by Gasteiger charge is 2.38. The number of phenolic OH excluding ortho intramolecular Hbond substituents is 1. The molecule has 1 heterocycles. The number of halogens is 3. The number of nitrogens with one attached hydrogen (secondary N) is 1. The molecule has 0 unspecified atom stereocenters. The molecule has 0 aliphatic heterocycles. The van der Waals surface area contributed by atoms with E-state index in [9.17, 15) is 23.4 Å². The van der Waals surface area contributed by atoms with Crippen LogP contribution in [0.2, 0.25) is 0 Å². The fourth-order valence-corrected chi connectivity index (χ4v) is 3.22. The van der Waals surface area contributed by atoms with Gasteiger partial charge in [0.25, 0.3) is 0 Å². The smallest absolute Gasteiger partial charge is 0.416 e. The molecule has 140 valence electrons. The van der Waals surface area contributed by atoms with Crippen LogP contribution in [0.4, 0.5) is 19.1 Å². The molecule has 1 aromatic heterocycles. The number of rotatable bonds is 3. The van der Waals surface area contributed by atoms with Crippen molar-refractivity contribution in [1.82, 2.24) is 15.2 Å². The number of aliphatic hydroxyl groups is 1. The molecule has 9 heteroatoms. The van der Waals surface area contributed by atoms with Crippen LogP contribution in [0, 0.1) is 13.8 Å². The summed E-state index contributed by atoms with van der Waals surface area (Å²) in [5.41, 5.74) is -0.568. The summed E-state index contributed by atoms with van der Waals surface area (Å²) < 4.78 is 38.6. The van der Waals surface area contributed by atoms with E-state index >= 15 is 0 Å². The quantitative estimate of drug-likeness (QED) is 0.771. The summed E-state index contributed by atoms with van der Waals surface area (Å²) in [5.74, 6) is -0.247. The second kappa shape index (κ2) is 6.08. The summed E-state index contributed by atoms with van der Waals surface area (Å²) in [7, 11) is 0. The van der Waals surface area contributed by atoms with Gasteiger partial charge in [-0.3, -0.25) is 0 Å². The van der Waals surface area contributed by atoms with Crippen molar-refractivity contribution in [3.8, 4) is 17.0 Å². The standard InChI is InChI=1S/C17H19F3N4O2/c1-8-4-10(17(18,19)20)5-12(25)13(8)14-9(2)21-15(24-23-14)22-11-6-16(3,26)7-11/h4-5,11,25-26H,6-7H2,1-3H3,(H,21,22,24). The Labute approximate surface area is 148 Å². The highest BCUT2D eigenvalue weighted by molar-refractivity contribution is 5.72. The molecule has 0 bridgehead atoms. The number of benzene rings is 1. The van der Waals surface area contributed by atoms with Crippen molar-refractivity contribution < 1.29 is 23.4 Å². The van der Waals surface area contributed by atoms with Gasteiger partial charge in [-0.25, -0.2) is 4.98 Å². The Morgan fingerprint density at radius 1 is 1.19 bits per heavy atom. The first-order chi connectivity index (χ1) is 12.0. The van der Waals surface area contributed by atoms with Crippen molar-refractivity contribution in [3.05, 3.63) is 29.0 Å². The first-order valence-corrected chi connectivity index (χ1v) is 8.08. The van der Waals surface area contributed by atoms with Crippen LogP contribution in [-0.4, -0.2) is 37.0 Å². The average Bonchev–Trinajstić information content (AvgIpc) is 2.45. The number of aromatic nitrogens is 3. The third-order valence-electron chi connectivity index (χ3n) is 4.45. The van der Waals surface area contributed by atoms with Crippen molar-refractivity contribution in [3.63, 3.8) is 0 Å². The van der Waals surface area contributed by atoms with Crippen LogP contribution >= 0.6 is 0 Å². The Bertz CT molecular complexity index is 821. The zero-order valence-electron chi connectivity index (χ0n) is 14.5. The number of hydrogen-bond acceptors (Lipinski definition) is 6. The normalized spacial score (nSPS) is 22.8. The number of anilines is 1. The van der Waals surface area contributed by atoms with E-state index in [-0.39, 0.29) is 28.8 Å². The van der Waals surface area contributed by atoms with Gasteiger partial charge < -0.3 is 15.5 Å². The summed E-state index contributed by atoms with van der Waals surface area (Å²) in [4.78, 5) is 4.27. The van der Waals surface area contributed by atoms with Gasteiger partial charge in [-0.2, -0.15) is 13.2 Å². The number of phenols is 1. The molecular weight excluding hydrogens is 349 g/mol.